The molecule has 4 aromatic carbocycles. The number of hydrogen-bond donors (Lipinski definition) is 5. The molecular formula is C36H34N2O10S2. The number of benzene rings is 4. The van der Waals surface area contributed by atoms with Crippen molar-refractivity contribution in [2.75, 3.05) is 5.32 Å². The highest BCUT2D eigenvalue weighted by atomic mass is 32.2. The molecule has 6 rings (SSSR count). The van der Waals surface area contributed by atoms with Crippen LogP contribution in [-0.4, -0.2) is 41.8 Å². The lowest BCUT2D eigenvalue weighted by molar-refractivity contribution is 0.104. The van der Waals surface area contributed by atoms with Gasteiger partial charge >= 0.3 is 0 Å². The Hall–Kier alpha value is -5.02. The van der Waals surface area contributed by atoms with E-state index in [0.29, 0.717) is 12.0 Å². The van der Waals surface area contributed by atoms with Crippen molar-refractivity contribution in [3.63, 3.8) is 0 Å². The molecule has 0 aliphatic heterocycles. The fraction of sp³-hybridized carbons (Fsp3) is 0.222. The second kappa shape index (κ2) is 11.8. The first-order valence-corrected chi connectivity index (χ1v) is 18.3. The Morgan fingerprint density at radius 2 is 1.42 bits per heavy atom. The zero-order valence-corrected chi connectivity index (χ0v) is 29.3. The van der Waals surface area contributed by atoms with E-state index in [1.165, 1.54) is 30.3 Å². The van der Waals surface area contributed by atoms with Gasteiger partial charge in [-0.15, -0.1) is 0 Å². The van der Waals surface area contributed by atoms with Crippen LogP contribution in [0.3, 0.4) is 0 Å². The van der Waals surface area contributed by atoms with E-state index in [2.05, 4.69) is 31.1 Å². The molecule has 0 saturated carbocycles. The van der Waals surface area contributed by atoms with Gasteiger partial charge in [0.2, 0.25) is 0 Å². The molecule has 5 aromatic rings. The SMILES string of the molecule is CC(C)(C)CC(C)(C)c1ccc(Oc2cc(Nc3ccc(S(=O)(=O)O)cc3)c3c4c(c(O)c(=O)[nH]c24)-c2ccccc2C3=O)c(S(=O)(=O)O)c1. The molecule has 0 spiro atoms. The second-order valence-corrected chi connectivity index (χ2v) is 16.9. The number of carbonyl (C=O) groups excluding carboxylic acids is 1. The van der Waals surface area contributed by atoms with Crippen LogP contribution in [0.1, 0.15) is 62.5 Å². The maximum Gasteiger partial charge on any atom is 0.298 e. The van der Waals surface area contributed by atoms with Gasteiger partial charge in [-0.25, -0.2) is 0 Å². The largest absolute Gasteiger partial charge is 0.503 e. The van der Waals surface area contributed by atoms with Crippen molar-refractivity contribution >= 4 is 48.3 Å². The van der Waals surface area contributed by atoms with Crippen molar-refractivity contribution < 1.29 is 40.6 Å². The maximum absolute atomic E-state index is 14.1. The zero-order valence-electron chi connectivity index (χ0n) is 27.7. The third kappa shape index (κ3) is 6.38. The maximum atomic E-state index is 14.1. The van der Waals surface area contributed by atoms with E-state index in [1.807, 2.05) is 13.8 Å². The van der Waals surface area contributed by atoms with Gasteiger partial charge in [0.1, 0.15) is 10.6 Å². The van der Waals surface area contributed by atoms with Crippen molar-refractivity contribution in [2.24, 2.45) is 5.41 Å². The van der Waals surface area contributed by atoms with Crippen LogP contribution in [0.4, 0.5) is 11.4 Å². The Morgan fingerprint density at radius 3 is 2.02 bits per heavy atom. The number of aromatic amines is 1. The summed E-state index contributed by atoms with van der Waals surface area (Å²) in [6, 6.07) is 17.2. The number of pyridine rings is 1. The molecule has 1 aliphatic rings. The number of ketones is 1. The van der Waals surface area contributed by atoms with Crippen molar-refractivity contribution in [1.82, 2.24) is 4.98 Å². The number of H-pyrrole nitrogens is 1. The lowest BCUT2D eigenvalue weighted by Gasteiger charge is -2.33. The first kappa shape index (κ1) is 34.8. The minimum Gasteiger partial charge on any atom is -0.503 e. The van der Waals surface area contributed by atoms with Crippen molar-refractivity contribution in [3.05, 3.63) is 99.8 Å². The van der Waals surface area contributed by atoms with Crippen molar-refractivity contribution in [1.29, 1.82) is 0 Å². The van der Waals surface area contributed by atoms with Crippen LogP contribution in [0.15, 0.2) is 87.4 Å². The zero-order chi connectivity index (χ0) is 36.6. The summed E-state index contributed by atoms with van der Waals surface area (Å²) in [6.45, 7) is 10.1. The van der Waals surface area contributed by atoms with E-state index < -0.39 is 47.6 Å². The van der Waals surface area contributed by atoms with Gasteiger partial charge in [0.15, 0.2) is 17.3 Å². The molecule has 0 unspecified atom stereocenters. The molecule has 14 heteroatoms. The Morgan fingerprint density at radius 1 is 0.780 bits per heavy atom. The Kier molecular flexibility index (Phi) is 8.22. The second-order valence-electron chi connectivity index (χ2n) is 14.1. The van der Waals surface area contributed by atoms with E-state index in [-0.39, 0.29) is 66.3 Å². The number of nitrogens with one attached hydrogen (secondary N) is 2. The molecule has 260 valence electrons. The monoisotopic (exact) mass is 718 g/mol. The van der Waals surface area contributed by atoms with Crippen LogP contribution in [0.25, 0.3) is 22.0 Å². The van der Waals surface area contributed by atoms with Gasteiger partial charge in [-0.3, -0.25) is 18.7 Å². The molecule has 0 atom stereocenters. The molecule has 0 radical (unpaired) electrons. The average Bonchev–Trinajstić information content (AvgIpc) is 3.00. The number of ether oxygens (including phenoxy) is 1. The summed E-state index contributed by atoms with van der Waals surface area (Å²) in [6.07, 6.45) is 0.681. The van der Waals surface area contributed by atoms with E-state index in [4.69, 9.17) is 4.74 Å². The number of aromatic hydroxyl groups is 1. The molecule has 0 fully saturated rings. The van der Waals surface area contributed by atoms with E-state index in [0.717, 1.165) is 12.1 Å². The highest BCUT2D eigenvalue weighted by Gasteiger charge is 2.34. The summed E-state index contributed by atoms with van der Waals surface area (Å²) in [5, 5.41) is 14.2. The topological polar surface area (TPSA) is 200 Å². The van der Waals surface area contributed by atoms with Crippen LogP contribution in [-0.2, 0) is 25.7 Å². The average molecular weight is 719 g/mol. The number of hydrogen-bond acceptors (Lipinski definition) is 9. The molecule has 1 aliphatic carbocycles. The lowest BCUT2D eigenvalue weighted by Crippen LogP contribution is -2.25. The molecule has 12 nitrogen and oxygen atoms in total. The molecule has 0 bridgehead atoms. The Bertz CT molecular complexity index is 2510. The van der Waals surface area contributed by atoms with Gasteiger partial charge in [0, 0.05) is 28.3 Å². The highest BCUT2D eigenvalue weighted by Crippen LogP contribution is 2.49. The van der Waals surface area contributed by atoms with Crippen LogP contribution in [0.2, 0.25) is 0 Å². The molecule has 0 saturated heterocycles. The lowest BCUT2D eigenvalue weighted by atomic mass is 9.72. The summed E-state index contributed by atoms with van der Waals surface area (Å²) in [5.41, 5.74) is -0.000395. The fourth-order valence-electron chi connectivity index (χ4n) is 6.78. The third-order valence-corrected chi connectivity index (χ3v) is 10.3. The van der Waals surface area contributed by atoms with Gasteiger partial charge in [0.05, 0.1) is 21.7 Å². The van der Waals surface area contributed by atoms with Crippen LogP contribution < -0.4 is 15.6 Å². The van der Waals surface area contributed by atoms with Gasteiger partial charge in [-0.1, -0.05) is 65.0 Å². The Labute approximate surface area is 288 Å². The standard InChI is InChI=1S/C36H34N2O10S2/c1-35(2,3)18-36(4,5)19-10-15-25(27(16-19)50(45,46)47)48-26-17-24(37-20-11-13-21(14-12-20)49(42,43)44)29-30-28(33(40)34(41)38-31(26)30)22-8-6-7-9-23(22)32(29)39/h6-17,37,40H,18H2,1-5H3,(H,38,41)(H,42,43,44)(H,45,46,47). The molecular weight excluding hydrogens is 685 g/mol. The smallest absolute Gasteiger partial charge is 0.298 e. The minimum absolute atomic E-state index is 0.0285. The number of aromatic nitrogens is 1. The summed E-state index contributed by atoms with van der Waals surface area (Å²) >= 11 is 0. The van der Waals surface area contributed by atoms with E-state index in [1.54, 1.807) is 30.3 Å². The number of anilines is 2. The molecule has 1 heterocycles. The minimum atomic E-state index is -4.86. The van der Waals surface area contributed by atoms with Gasteiger partial charge in [-0.2, -0.15) is 16.8 Å². The molecule has 0 amide bonds. The fourth-order valence-corrected chi connectivity index (χ4v) is 7.89. The summed E-state index contributed by atoms with van der Waals surface area (Å²) in [5.74, 6) is -1.56. The van der Waals surface area contributed by atoms with Gasteiger partial charge in [-0.05, 0) is 64.8 Å². The van der Waals surface area contributed by atoms with Crippen LogP contribution in [0, 0.1) is 5.41 Å². The van der Waals surface area contributed by atoms with Crippen LogP contribution >= 0.6 is 0 Å². The summed E-state index contributed by atoms with van der Waals surface area (Å²) in [7, 11) is -9.35. The predicted molar refractivity (Wildman–Crippen MR) is 188 cm³/mol. The normalized spacial score (nSPS) is 13.3. The highest BCUT2D eigenvalue weighted by molar-refractivity contribution is 7.86. The quantitative estimate of drug-likeness (QED) is 0.0998. The predicted octanol–water partition coefficient (Wildman–Crippen LogP) is 7.19. The van der Waals surface area contributed by atoms with Crippen molar-refractivity contribution in [2.45, 2.75) is 56.2 Å². The number of rotatable bonds is 8. The van der Waals surface area contributed by atoms with Gasteiger partial charge < -0.3 is 20.1 Å². The summed E-state index contributed by atoms with van der Waals surface area (Å²) < 4.78 is 74.8. The summed E-state index contributed by atoms with van der Waals surface area (Å²) in [4.78, 5) is 28.9. The third-order valence-electron chi connectivity index (χ3n) is 8.53. The number of carbonyl (C=O) groups is 1. The molecule has 1 aromatic heterocycles. The Balaban J connectivity index is 1.61. The van der Waals surface area contributed by atoms with Gasteiger partial charge in [0.25, 0.3) is 25.8 Å². The first-order chi connectivity index (χ1) is 23.2. The van der Waals surface area contributed by atoms with Crippen LogP contribution in [0.5, 0.6) is 17.2 Å². The van der Waals surface area contributed by atoms with E-state index in [9.17, 15) is 40.6 Å². The van der Waals surface area contributed by atoms with Crippen molar-refractivity contribution in [3.8, 4) is 28.4 Å². The molecule has 50 heavy (non-hydrogen) atoms. The first-order valence-electron chi connectivity index (χ1n) is 15.4. The molecule has 5 N–H and O–H groups in total. The van der Waals surface area contributed by atoms with E-state index >= 15 is 0 Å². The number of fused-ring (bicyclic) bond motifs is 2.